The molecule has 1 amide bonds. The largest absolute Gasteiger partial charge is 0.377 e. The molecule has 0 saturated carbocycles. The van der Waals surface area contributed by atoms with Gasteiger partial charge in [-0.2, -0.15) is 5.10 Å². The van der Waals surface area contributed by atoms with Crippen LogP contribution in [0.5, 0.6) is 0 Å². The molecule has 2 heterocycles. The summed E-state index contributed by atoms with van der Waals surface area (Å²) in [6.45, 7) is 1.39. The first-order chi connectivity index (χ1) is 9.81. The second kappa shape index (κ2) is 5.88. The monoisotopic (exact) mass is 271 g/mol. The maximum atomic E-state index is 11.9. The first-order valence-corrected chi connectivity index (χ1v) is 6.77. The summed E-state index contributed by atoms with van der Waals surface area (Å²) in [6, 6.07) is 10.3. The topological polar surface area (TPSA) is 56.2 Å². The minimum Gasteiger partial charge on any atom is -0.377 e. The number of nitrogens with zero attached hydrogens (tertiary/aromatic N) is 2. The number of hydrogen-bond acceptors (Lipinski definition) is 3. The maximum Gasteiger partial charge on any atom is 0.224 e. The Hall–Kier alpha value is -2.14. The Labute approximate surface area is 117 Å². The number of anilines is 1. The molecule has 0 radical (unpaired) electrons. The standard InChI is InChI=1S/C15H17N3O2/c19-15(7-6-12-4-2-1-3-5-12)17-13-8-16-18(9-13)14-10-20-11-14/h1-5,8-9,14H,6-7,10-11H2,(H,17,19). The van der Waals surface area contributed by atoms with E-state index in [9.17, 15) is 4.79 Å². The molecule has 1 fully saturated rings. The van der Waals surface area contributed by atoms with E-state index in [1.165, 1.54) is 5.56 Å². The third kappa shape index (κ3) is 3.05. The molecule has 1 aliphatic rings. The molecule has 1 N–H and O–H groups in total. The smallest absolute Gasteiger partial charge is 0.224 e. The zero-order valence-corrected chi connectivity index (χ0v) is 11.2. The highest BCUT2D eigenvalue weighted by Crippen LogP contribution is 2.18. The summed E-state index contributed by atoms with van der Waals surface area (Å²) in [7, 11) is 0. The van der Waals surface area contributed by atoms with Crippen molar-refractivity contribution >= 4 is 11.6 Å². The van der Waals surface area contributed by atoms with Crippen LogP contribution in [0.4, 0.5) is 5.69 Å². The Morgan fingerprint density at radius 3 is 2.85 bits per heavy atom. The fourth-order valence-electron chi connectivity index (χ4n) is 2.10. The van der Waals surface area contributed by atoms with E-state index in [1.54, 1.807) is 6.20 Å². The zero-order chi connectivity index (χ0) is 13.8. The van der Waals surface area contributed by atoms with Crippen LogP contribution in [0.25, 0.3) is 0 Å². The van der Waals surface area contributed by atoms with Crippen LogP contribution in [0.15, 0.2) is 42.7 Å². The normalized spacial score (nSPS) is 14.8. The molecule has 1 saturated heterocycles. The lowest BCUT2D eigenvalue weighted by atomic mass is 10.1. The Morgan fingerprint density at radius 1 is 1.35 bits per heavy atom. The Balaban J connectivity index is 1.49. The molecular formula is C15H17N3O2. The lowest BCUT2D eigenvalue weighted by Gasteiger charge is -2.25. The Bertz CT molecular complexity index is 576. The molecular weight excluding hydrogens is 254 g/mol. The van der Waals surface area contributed by atoms with Gasteiger partial charge in [-0.25, -0.2) is 0 Å². The summed E-state index contributed by atoms with van der Waals surface area (Å²) < 4.78 is 6.96. The van der Waals surface area contributed by atoms with Crippen molar-refractivity contribution in [1.29, 1.82) is 0 Å². The van der Waals surface area contributed by atoms with Crippen LogP contribution in [0.3, 0.4) is 0 Å². The van der Waals surface area contributed by atoms with E-state index in [-0.39, 0.29) is 5.91 Å². The first-order valence-electron chi connectivity index (χ1n) is 6.77. The molecule has 2 aromatic rings. The maximum absolute atomic E-state index is 11.9. The van der Waals surface area contributed by atoms with E-state index in [1.807, 2.05) is 41.2 Å². The van der Waals surface area contributed by atoms with Crippen LogP contribution in [-0.4, -0.2) is 28.9 Å². The van der Waals surface area contributed by atoms with Gasteiger partial charge in [-0.1, -0.05) is 30.3 Å². The van der Waals surface area contributed by atoms with E-state index in [0.717, 1.165) is 12.1 Å². The van der Waals surface area contributed by atoms with Crippen LogP contribution in [-0.2, 0) is 16.0 Å². The lowest BCUT2D eigenvalue weighted by Crippen LogP contribution is -2.30. The molecule has 1 aromatic carbocycles. The number of carbonyl (C=O) groups excluding carboxylic acids is 1. The van der Waals surface area contributed by atoms with Gasteiger partial charge >= 0.3 is 0 Å². The summed E-state index contributed by atoms with van der Waals surface area (Å²) >= 11 is 0. The second-order valence-electron chi connectivity index (χ2n) is 4.93. The highest BCUT2D eigenvalue weighted by atomic mass is 16.5. The van der Waals surface area contributed by atoms with Crippen LogP contribution in [0, 0.1) is 0 Å². The van der Waals surface area contributed by atoms with Crippen molar-refractivity contribution in [2.24, 2.45) is 0 Å². The first kappa shape index (κ1) is 12.9. The third-order valence-corrected chi connectivity index (χ3v) is 3.36. The van der Waals surface area contributed by atoms with Crippen molar-refractivity contribution < 1.29 is 9.53 Å². The molecule has 5 nitrogen and oxygen atoms in total. The van der Waals surface area contributed by atoms with Gasteiger partial charge < -0.3 is 10.1 Å². The van der Waals surface area contributed by atoms with Crippen LogP contribution in [0.2, 0.25) is 0 Å². The van der Waals surface area contributed by atoms with E-state index in [0.29, 0.717) is 25.7 Å². The van der Waals surface area contributed by atoms with E-state index < -0.39 is 0 Å². The van der Waals surface area contributed by atoms with E-state index >= 15 is 0 Å². The number of hydrogen-bond donors (Lipinski definition) is 1. The third-order valence-electron chi connectivity index (χ3n) is 3.36. The summed E-state index contributed by atoms with van der Waals surface area (Å²) in [6.07, 6.45) is 4.76. The summed E-state index contributed by atoms with van der Waals surface area (Å²) in [5.41, 5.74) is 1.92. The molecule has 104 valence electrons. The number of ether oxygens (including phenoxy) is 1. The molecule has 0 atom stereocenters. The van der Waals surface area contributed by atoms with Crippen molar-refractivity contribution in [1.82, 2.24) is 9.78 Å². The van der Waals surface area contributed by atoms with Gasteiger partial charge in [0, 0.05) is 12.6 Å². The molecule has 0 bridgehead atoms. The van der Waals surface area contributed by atoms with Gasteiger partial charge in [-0.05, 0) is 12.0 Å². The molecule has 1 aromatic heterocycles. The van der Waals surface area contributed by atoms with Crippen molar-refractivity contribution in [3.05, 3.63) is 48.3 Å². The minimum absolute atomic E-state index is 0.0123. The number of rotatable bonds is 5. The number of aromatic nitrogens is 2. The molecule has 20 heavy (non-hydrogen) atoms. The molecule has 1 aliphatic heterocycles. The quantitative estimate of drug-likeness (QED) is 0.905. The number of benzene rings is 1. The highest BCUT2D eigenvalue weighted by Gasteiger charge is 2.21. The fraction of sp³-hybridized carbons (Fsp3) is 0.333. The summed E-state index contributed by atoms with van der Waals surface area (Å²) in [5.74, 6) is 0.0123. The van der Waals surface area contributed by atoms with Crippen molar-refractivity contribution in [2.75, 3.05) is 18.5 Å². The average molecular weight is 271 g/mol. The summed E-state index contributed by atoms with van der Waals surface area (Å²) in [5, 5.41) is 7.10. The predicted molar refractivity (Wildman–Crippen MR) is 75.5 cm³/mol. The van der Waals surface area contributed by atoms with E-state index in [4.69, 9.17) is 4.74 Å². The Morgan fingerprint density at radius 2 is 2.15 bits per heavy atom. The molecule has 5 heteroatoms. The lowest BCUT2D eigenvalue weighted by molar-refractivity contribution is -0.116. The van der Waals surface area contributed by atoms with E-state index in [2.05, 4.69) is 10.4 Å². The minimum atomic E-state index is 0.0123. The zero-order valence-electron chi connectivity index (χ0n) is 11.2. The van der Waals surface area contributed by atoms with Gasteiger partial charge in [-0.15, -0.1) is 0 Å². The predicted octanol–water partition coefficient (Wildman–Crippen LogP) is 2.03. The van der Waals surface area contributed by atoms with Crippen molar-refractivity contribution in [2.45, 2.75) is 18.9 Å². The molecule has 3 rings (SSSR count). The van der Waals surface area contributed by atoms with Crippen molar-refractivity contribution in [3.8, 4) is 0 Å². The van der Waals surface area contributed by atoms with Gasteiger partial charge in [0.25, 0.3) is 0 Å². The SMILES string of the molecule is O=C(CCc1ccccc1)Nc1cnn(C2COC2)c1. The number of amides is 1. The summed E-state index contributed by atoms with van der Waals surface area (Å²) in [4.78, 5) is 11.9. The second-order valence-corrected chi connectivity index (χ2v) is 4.93. The van der Waals surface area contributed by atoms with Gasteiger partial charge in [0.05, 0.1) is 31.1 Å². The fourth-order valence-corrected chi connectivity index (χ4v) is 2.10. The number of aryl methyl sites for hydroxylation is 1. The van der Waals surface area contributed by atoms with Crippen LogP contribution < -0.4 is 5.32 Å². The van der Waals surface area contributed by atoms with Gasteiger partial charge in [-0.3, -0.25) is 9.48 Å². The van der Waals surface area contributed by atoms with Crippen LogP contribution >= 0.6 is 0 Å². The van der Waals surface area contributed by atoms with Crippen molar-refractivity contribution in [3.63, 3.8) is 0 Å². The molecule has 0 spiro atoms. The van der Waals surface area contributed by atoms with Gasteiger partial charge in [0.1, 0.15) is 0 Å². The Kier molecular flexibility index (Phi) is 3.78. The molecule has 0 aliphatic carbocycles. The molecule has 0 unspecified atom stereocenters. The average Bonchev–Trinajstić information content (AvgIpc) is 2.84. The van der Waals surface area contributed by atoms with Gasteiger partial charge in [0.2, 0.25) is 5.91 Å². The van der Waals surface area contributed by atoms with Gasteiger partial charge in [0.15, 0.2) is 0 Å². The number of nitrogens with one attached hydrogen (secondary N) is 1. The number of carbonyl (C=O) groups is 1. The highest BCUT2D eigenvalue weighted by molar-refractivity contribution is 5.90. The van der Waals surface area contributed by atoms with Crippen LogP contribution in [0.1, 0.15) is 18.0 Å².